The Morgan fingerprint density at radius 3 is 2.61 bits per heavy atom. The maximum atomic E-state index is 12.2. The zero-order valence-electron chi connectivity index (χ0n) is 10.5. The number of halogens is 1. The SMILES string of the molecule is CN(C(=O)c1ccco1)C1CC2CCC(C1)N2.Cl. The van der Waals surface area contributed by atoms with E-state index in [-0.39, 0.29) is 18.3 Å². The average molecular weight is 271 g/mol. The lowest BCUT2D eigenvalue weighted by atomic mass is 9.98. The molecule has 100 valence electrons. The molecule has 5 heteroatoms. The molecule has 0 saturated carbocycles. The third kappa shape index (κ3) is 2.40. The predicted molar refractivity (Wildman–Crippen MR) is 71.0 cm³/mol. The first-order valence-corrected chi connectivity index (χ1v) is 6.31. The summed E-state index contributed by atoms with van der Waals surface area (Å²) in [5.41, 5.74) is 0. The van der Waals surface area contributed by atoms with Crippen molar-refractivity contribution in [1.82, 2.24) is 10.2 Å². The third-order valence-corrected chi connectivity index (χ3v) is 4.05. The Hall–Kier alpha value is -1.00. The second-order valence-corrected chi connectivity index (χ2v) is 5.16. The van der Waals surface area contributed by atoms with E-state index in [9.17, 15) is 4.79 Å². The molecule has 1 aromatic rings. The highest BCUT2D eigenvalue weighted by atomic mass is 35.5. The van der Waals surface area contributed by atoms with E-state index in [4.69, 9.17) is 4.42 Å². The molecule has 4 nitrogen and oxygen atoms in total. The van der Waals surface area contributed by atoms with Crippen LogP contribution in [0.5, 0.6) is 0 Å². The number of carbonyl (C=O) groups excluding carboxylic acids is 1. The van der Waals surface area contributed by atoms with Gasteiger partial charge in [0.1, 0.15) is 0 Å². The van der Waals surface area contributed by atoms with Crippen LogP contribution in [0.25, 0.3) is 0 Å². The lowest BCUT2D eigenvalue weighted by Gasteiger charge is -2.35. The summed E-state index contributed by atoms with van der Waals surface area (Å²) in [6.45, 7) is 0. The van der Waals surface area contributed by atoms with Gasteiger partial charge in [-0.1, -0.05) is 0 Å². The first-order valence-electron chi connectivity index (χ1n) is 6.31. The summed E-state index contributed by atoms with van der Waals surface area (Å²) in [4.78, 5) is 14.0. The molecule has 2 atom stereocenters. The van der Waals surface area contributed by atoms with E-state index in [0.717, 1.165) is 12.8 Å². The fourth-order valence-corrected chi connectivity index (χ4v) is 3.08. The van der Waals surface area contributed by atoms with Crippen molar-refractivity contribution in [1.29, 1.82) is 0 Å². The molecule has 2 aliphatic rings. The molecule has 2 fully saturated rings. The molecule has 3 heterocycles. The van der Waals surface area contributed by atoms with Crippen LogP contribution in [0.1, 0.15) is 36.2 Å². The van der Waals surface area contributed by atoms with Gasteiger partial charge in [-0.25, -0.2) is 0 Å². The zero-order chi connectivity index (χ0) is 11.8. The van der Waals surface area contributed by atoms with Crippen molar-refractivity contribution >= 4 is 18.3 Å². The first kappa shape index (κ1) is 13.4. The quantitative estimate of drug-likeness (QED) is 0.895. The minimum Gasteiger partial charge on any atom is -0.459 e. The molecular formula is C13H19ClN2O2. The number of hydrogen-bond donors (Lipinski definition) is 1. The number of nitrogens with one attached hydrogen (secondary N) is 1. The number of amides is 1. The molecule has 0 spiro atoms. The van der Waals surface area contributed by atoms with E-state index in [2.05, 4.69) is 5.32 Å². The highest BCUT2D eigenvalue weighted by Crippen LogP contribution is 2.29. The van der Waals surface area contributed by atoms with Crippen molar-refractivity contribution in [2.75, 3.05) is 7.05 Å². The van der Waals surface area contributed by atoms with Gasteiger partial charge >= 0.3 is 0 Å². The topological polar surface area (TPSA) is 45.5 Å². The highest BCUT2D eigenvalue weighted by molar-refractivity contribution is 5.91. The summed E-state index contributed by atoms with van der Waals surface area (Å²) >= 11 is 0. The Labute approximate surface area is 113 Å². The lowest BCUT2D eigenvalue weighted by Crippen LogP contribution is -2.48. The standard InChI is InChI=1S/C13H18N2O2.ClH/c1-15(13(16)12-3-2-6-17-12)11-7-9-4-5-10(8-11)14-9;/h2-3,6,9-11,14H,4-5,7-8H2,1H3;1H. The van der Waals surface area contributed by atoms with Crippen molar-refractivity contribution in [2.24, 2.45) is 0 Å². The van der Waals surface area contributed by atoms with E-state index in [0.29, 0.717) is 23.9 Å². The van der Waals surface area contributed by atoms with Crippen LogP contribution in [0.2, 0.25) is 0 Å². The van der Waals surface area contributed by atoms with Crippen LogP contribution in [0.4, 0.5) is 0 Å². The Balaban J connectivity index is 0.00000120. The molecule has 3 rings (SSSR count). The molecule has 0 aliphatic carbocycles. The van der Waals surface area contributed by atoms with Gasteiger partial charge in [-0.15, -0.1) is 12.4 Å². The number of hydrogen-bond acceptors (Lipinski definition) is 3. The van der Waals surface area contributed by atoms with E-state index in [1.807, 2.05) is 11.9 Å². The second-order valence-electron chi connectivity index (χ2n) is 5.16. The number of furan rings is 1. The van der Waals surface area contributed by atoms with Crippen molar-refractivity contribution in [3.8, 4) is 0 Å². The summed E-state index contributed by atoms with van der Waals surface area (Å²) in [5.74, 6) is 0.444. The molecule has 1 N–H and O–H groups in total. The fraction of sp³-hybridized carbons (Fsp3) is 0.615. The Kier molecular flexibility index (Phi) is 3.97. The predicted octanol–water partition coefficient (Wildman–Crippen LogP) is 2.06. The van der Waals surface area contributed by atoms with Crippen molar-refractivity contribution in [2.45, 2.75) is 43.8 Å². The summed E-state index contributed by atoms with van der Waals surface area (Å²) in [6, 6.07) is 5.05. The Morgan fingerprint density at radius 1 is 1.39 bits per heavy atom. The van der Waals surface area contributed by atoms with E-state index in [1.165, 1.54) is 12.8 Å². The molecule has 2 bridgehead atoms. The van der Waals surface area contributed by atoms with Gasteiger partial charge in [-0.05, 0) is 37.8 Å². The smallest absolute Gasteiger partial charge is 0.289 e. The van der Waals surface area contributed by atoms with Crippen molar-refractivity contribution in [3.63, 3.8) is 0 Å². The van der Waals surface area contributed by atoms with Crippen LogP contribution in [-0.2, 0) is 0 Å². The zero-order valence-corrected chi connectivity index (χ0v) is 11.3. The van der Waals surface area contributed by atoms with Crippen molar-refractivity contribution in [3.05, 3.63) is 24.2 Å². The molecular weight excluding hydrogens is 252 g/mol. The molecule has 2 unspecified atom stereocenters. The fourth-order valence-electron chi connectivity index (χ4n) is 3.08. The van der Waals surface area contributed by atoms with Gasteiger partial charge in [0.25, 0.3) is 5.91 Å². The number of fused-ring (bicyclic) bond motifs is 2. The molecule has 18 heavy (non-hydrogen) atoms. The van der Waals surface area contributed by atoms with Crippen LogP contribution in [-0.4, -0.2) is 36.0 Å². The third-order valence-electron chi connectivity index (χ3n) is 4.05. The van der Waals surface area contributed by atoms with Gasteiger partial charge in [0.05, 0.1) is 6.26 Å². The average Bonchev–Trinajstić information content (AvgIpc) is 2.97. The maximum absolute atomic E-state index is 12.2. The maximum Gasteiger partial charge on any atom is 0.289 e. The van der Waals surface area contributed by atoms with Crippen LogP contribution in [0, 0.1) is 0 Å². The Morgan fingerprint density at radius 2 is 2.06 bits per heavy atom. The van der Waals surface area contributed by atoms with Crippen LogP contribution in [0.15, 0.2) is 22.8 Å². The van der Waals surface area contributed by atoms with Gasteiger partial charge in [0, 0.05) is 25.2 Å². The van der Waals surface area contributed by atoms with Crippen molar-refractivity contribution < 1.29 is 9.21 Å². The van der Waals surface area contributed by atoms with Gasteiger partial charge in [-0.2, -0.15) is 0 Å². The van der Waals surface area contributed by atoms with Gasteiger partial charge in [-0.3, -0.25) is 4.79 Å². The summed E-state index contributed by atoms with van der Waals surface area (Å²) < 4.78 is 5.17. The van der Waals surface area contributed by atoms with E-state index in [1.54, 1.807) is 18.4 Å². The number of nitrogens with zero attached hydrogens (tertiary/aromatic N) is 1. The molecule has 0 radical (unpaired) electrons. The molecule has 0 aromatic carbocycles. The van der Waals surface area contributed by atoms with Crippen LogP contribution in [0.3, 0.4) is 0 Å². The second kappa shape index (κ2) is 5.33. The monoisotopic (exact) mass is 270 g/mol. The lowest BCUT2D eigenvalue weighted by molar-refractivity contribution is 0.0649. The van der Waals surface area contributed by atoms with E-state index < -0.39 is 0 Å². The van der Waals surface area contributed by atoms with Crippen LogP contribution >= 0.6 is 12.4 Å². The van der Waals surface area contributed by atoms with Gasteiger partial charge < -0.3 is 14.6 Å². The Bertz CT molecular complexity index is 395. The number of rotatable bonds is 2. The highest BCUT2D eigenvalue weighted by Gasteiger charge is 2.36. The largest absolute Gasteiger partial charge is 0.459 e. The number of piperidine rings is 1. The van der Waals surface area contributed by atoms with Gasteiger partial charge in [0.2, 0.25) is 0 Å². The van der Waals surface area contributed by atoms with E-state index >= 15 is 0 Å². The molecule has 1 amide bonds. The first-order chi connectivity index (χ1) is 8.24. The summed E-state index contributed by atoms with van der Waals surface area (Å²) in [7, 11) is 1.89. The minimum atomic E-state index is 0. The summed E-state index contributed by atoms with van der Waals surface area (Å²) in [6.07, 6.45) is 6.19. The summed E-state index contributed by atoms with van der Waals surface area (Å²) in [5, 5.41) is 3.59. The molecule has 2 saturated heterocycles. The minimum absolute atomic E-state index is 0. The number of carbonyl (C=O) groups is 1. The molecule has 2 aliphatic heterocycles. The van der Waals surface area contributed by atoms with Gasteiger partial charge in [0.15, 0.2) is 5.76 Å². The van der Waals surface area contributed by atoms with Crippen LogP contribution < -0.4 is 5.32 Å². The molecule has 1 aromatic heterocycles. The normalized spacial score (nSPS) is 29.7.